The van der Waals surface area contributed by atoms with Gasteiger partial charge < -0.3 is 15.0 Å². The Morgan fingerprint density at radius 3 is 2.96 bits per heavy atom. The van der Waals surface area contributed by atoms with Crippen LogP contribution in [0.3, 0.4) is 0 Å². The van der Waals surface area contributed by atoms with Gasteiger partial charge in [0.1, 0.15) is 11.9 Å². The predicted molar refractivity (Wildman–Crippen MR) is 84.3 cm³/mol. The highest BCUT2D eigenvalue weighted by Crippen LogP contribution is 2.59. The average Bonchev–Trinajstić information content (AvgIpc) is 3.28. The number of halogens is 1. The Kier molecular flexibility index (Phi) is 3.85. The maximum absolute atomic E-state index is 13.4. The van der Waals surface area contributed by atoms with E-state index in [-0.39, 0.29) is 29.2 Å². The molecule has 124 valence electrons. The molecule has 1 aliphatic carbocycles. The average molecular weight is 318 g/mol. The van der Waals surface area contributed by atoms with E-state index in [4.69, 9.17) is 4.74 Å². The minimum absolute atomic E-state index is 0.191. The number of carbonyl (C=O) groups excluding carboxylic acids is 1. The number of amides is 1. The highest BCUT2D eigenvalue weighted by atomic mass is 19.1. The lowest BCUT2D eigenvalue weighted by Crippen LogP contribution is -2.44. The fourth-order valence-corrected chi connectivity index (χ4v) is 4.15. The van der Waals surface area contributed by atoms with E-state index in [1.165, 1.54) is 12.1 Å². The molecule has 1 amide bonds. The summed E-state index contributed by atoms with van der Waals surface area (Å²) in [5, 5.41) is 3.37. The van der Waals surface area contributed by atoms with E-state index in [1.807, 2.05) is 11.0 Å². The molecule has 1 spiro atoms. The van der Waals surface area contributed by atoms with Crippen molar-refractivity contribution in [3.05, 3.63) is 35.6 Å². The van der Waals surface area contributed by atoms with Gasteiger partial charge in [-0.25, -0.2) is 4.39 Å². The molecule has 0 aromatic heterocycles. The van der Waals surface area contributed by atoms with E-state index in [0.29, 0.717) is 19.7 Å². The van der Waals surface area contributed by atoms with Crippen LogP contribution in [0.5, 0.6) is 0 Å². The Hall–Kier alpha value is -1.46. The van der Waals surface area contributed by atoms with Crippen LogP contribution in [0.15, 0.2) is 24.3 Å². The van der Waals surface area contributed by atoms with Crippen LogP contribution < -0.4 is 5.32 Å². The molecular weight excluding hydrogens is 295 g/mol. The first-order valence-corrected chi connectivity index (χ1v) is 8.55. The van der Waals surface area contributed by atoms with Gasteiger partial charge in [-0.05, 0) is 55.5 Å². The molecule has 0 radical (unpaired) electrons. The van der Waals surface area contributed by atoms with Crippen LogP contribution in [0.2, 0.25) is 0 Å². The molecule has 4 rings (SSSR count). The molecule has 2 aliphatic heterocycles. The van der Waals surface area contributed by atoms with Crippen molar-refractivity contribution >= 4 is 5.91 Å². The molecule has 0 bridgehead atoms. The molecule has 2 saturated heterocycles. The molecule has 2 unspecified atom stereocenters. The minimum atomic E-state index is -0.259. The normalized spacial score (nSPS) is 29.5. The van der Waals surface area contributed by atoms with Gasteiger partial charge >= 0.3 is 0 Å². The van der Waals surface area contributed by atoms with Gasteiger partial charge in [0.25, 0.3) is 0 Å². The van der Waals surface area contributed by atoms with Crippen LogP contribution in [0.1, 0.15) is 30.9 Å². The summed E-state index contributed by atoms with van der Waals surface area (Å²) < 4.78 is 19.2. The number of hydrogen-bond acceptors (Lipinski definition) is 3. The number of ether oxygens (including phenoxy) is 1. The molecule has 1 aromatic carbocycles. The zero-order chi connectivity index (χ0) is 15.9. The quantitative estimate of drug-likeness (QED) is 0.908. The Morgan fingerprint density at radius 1 is 1.35 bits per heavy atom. The maximum Gasteiger partial charge on any atom is 0.226 e. The standard InChI is InChI=1S/C18H23FN2O2/c19-14-3-1-2-13(10-14)16-12-21(8-9-23-16)17(22)15-11-18(15)4-6-20-7-5-18/h1-3,10,15-16,20H,4-9,11-12H2. The lowest BCUT2D eigenvalue weighted by molar-refractivity contribution is -0.141. The summed E-state index contributed by atoms with van der Waals surface area (Å²) in [6, 6.07) is 6.50. The fourth-order valence-electron chi connectivity index (χ4n) is 4.15. The Morgan fingerprint density at radius 2 is 2.17 bits per heavy atom. The lowest BCUT2D eigenvalue weighted by Gasteiger charge is -2.34. The second kappa shape index (κ2) is 5.87. The summed E-state index contributed by atoms with van der Waals surface area (Å²) in [4.78, 5) is 14.8. The number of nitrogens with one attached hydrogen (secondary N) is 1. The zero-order valence-electron chi connectivity index (χ0n) is 13.3. The molecule has 5 heteroatoms. The zero-order valence-corrected chi connectivity index (χ0v) is 13.3. The first-order chi connectivity index (χ1) is 11.2. The first kappa shape index (κ1) is 15.1. The summed E-state index contributed by atoms with van der Waals surface area (Å²) in [7, 11) is 0. The number of hydrogen-bond donors (Lipinski definition) is 1. The highest BCUT2D eigenvalue weighted by molar-refractivity contribution is 5.83. The van der Waals surface area contributed by atoms with Crippen molar-refractivity contribution in [3.63, 3.8) is 0 Å². The summed E-state index contributed by atoms with van der Waals surface area (Å²) in [5.41, 5.74) is 1.07. The molecule has 2 atom stereocenters. The van der Waals surface area contributed by atoms with Crippen LogP contribution >= 0.6 is 0 Å². The van der Waals surface area contributed by atoms with Gasteiger partial charge in [-0.2, -0.15) is 0 Å². The summed E-state index contributed by atoms with van der Waals surface area (Å²) in [6.07, 6.45) is 3.05. The lowest BCUT2D eigenvalue weighted by atomic mass is 9.91. The van der Waals surface area contributed by atoms with Crippen molar-refractivity contribution in [2.24, 2.45) is 11.3 Å². The van der Waals surface area contributed by atoms with E-state index in [0.717, 1.165) is 37.9 Å². The van der Waals surface area contributed by atoms with Gasteiger partial charge in [-0.15, -0.1) is 0 Å². The molecule has 1 N–H and O–H groups in total. The molecule has 1 saturated carbocycles. The Labute approximate surface area is 136 Å². The largest absolute Gasteiger partial charge is 0.370 e. The van der Waals surface area contributed by atoms with Crippen LogP contribution in [0, 0.1) is 17.2 Å². The molecule has 1 aromatic rings. The third-order valence-corrected chi connectivity index (χ3v) is 5.69. The van der Waals surface area contributed by atoms with Crippen molar-refractivity contribution in [3.8, 4) is 0 Å². The molecule has 3 aliphatic rings. The SMILES string of the molecule is O=C(C1CC12CCNCC2)N1CCOC(c2cccc(F)c2)C1. The first-order valence-electron chi connectivity index (χ1n) is 8.55. The van der Waals surface area contributed by atoms with Gasteiger partial charge in [-0.3, -0.25) is 4.79 Å². The molecule has 4 nitrogen and oxygen atoms in total. The monoisotopic (exact) mass is 318 g/mol. The second-order valence-corrected chi connectivity index (χ2v) is 7.07. The van der Waals surface area contributed by atoms with Crippen LogP contribution in [-0.4, -0.2) is 43.6 Å². The molecule has 23 heavy (non-hydrogen) atoms. The summed E-state index contributed by atoms with van der Waals surface area (Å²) in [6.45, 7) is 3.76. The Bertz CT molecular complexity index is 600. The third kappa shape index (κ3) is 2.88. The summed E-state index contributed by atoms with van der Waals surface area (Å²) >= 11 is 0. The van der Waals surface area contributed by atoms with Crippen molar-refractivity contribution in [2.45, 2.75) is 25.4 Å². The van der Waals surface area contributed by atoms with E-state index in [1.54, 1.807) is 6.07 Å². The highest BCUT2D eigenvalue weighted by Gasteiger charge is 2.58. The van der Waals surface area contributed by atoms with E-state index < -0.39 is 0 Å². The number of carbonyl (C=O) groups is 1. The molecule has 3 fully saturated rings. The topological polar surface area (TPSA) is 41.6 Å². The van der Waals surface area contributed by atoms with Crippen LogP contribution in [0.4, 0.5) is 4.39 Å². The smallest absolute Gasteiger partial charge is 0.226 e. The summed E-state index contributed by atoms with van der Waals surface area (Å²) in [5.74, 6) is 0.206. The van der Waals surface area contributed by atoms with Crippen molar-refractivity contribution in [1.29, 1.82) is 0 Å². The van der Waals surface area contributed by atoms with Gasteiger partial charge in [0.05, 0.1) is 13.2 Å². The van der Waals surface area contributed by atoms with E-state index in [2.05, 4.69) is 5.32 Å². The van der Waals surface area contributed by atoms with Crippen molar-refractivity contribution < 1.29 is 13.9 Å². The van der Waals surface area contributed by atoms with Crippen molar-refractivity contribution in [2.75, 3.05) is 32.8 Å². The number of morpholine rings is 1. The van der Waals surface area contributed by atoms with Crippen molar-refractivity contribution in [1.82, 2.24) is 10.2 Å². The molecular formula is C18H23FN2O2. The number of nitrogens with zero attached hydrogens (tertiary/aromatic N) is 1. The third-order valence-electron chi connectivity index (χ3n) is 5.69. The second-order valence-electron chi connectivity index (χ2n) is 7.07. The van der Waals surface area contributed by atoms with Gasteiger partial charge in [0.15, 0.2) is 0 Å². The minimum Gasteiger partial charge on any atom is -0.370 e. The van der Waals surface area contributed by atoms with E-state index >= 15 is 0 Å². The maximum atomic E-state index is 13.4. The van der Waals surface area contributed by atoms with Crippen LogP contribution in [-0.2, 0) is 9.53 Å². The molecule has 2 heterocycles. The van der Waals surface area contributed by atoms with Crippen LogP contribution in [0.25, 0.3) is 0 Å². The predicted octanol–water partition coefficient (Wildman–Crippen LogP) is 2.12. The van der Waals surface area contributed by atoms with Gasteiger partial charge in [0.2, 0.25) is 5.91 Å². The van der Waals surface area contributed by atoms with Gasteiger partial charge in [0, 0.05) is 12.5 Å². The van der Waals surface area contributed by atoms with E-state index in [9.17, 15) is 9.18 Å². The Balaban J connectivity index is 1.42. The van der Waals surface area contributed by atoms with Gasteiger partial charge in [-0.1, -0.05) is 12.1 Å². The number of benzene rings is 1. The number of rotatable bonds is 2. The number of piperidine rings is 1. The fraction of sp³-hybridized carbons (Fsp3) is 0.611.